The van der Waals surface area contributed by atoms with Gasteiger partial charge in [0.15, 0.2) is 0 Å². The van der Waals surface area contributed by atoms with E-state index in [4.69, 9.17) is 9.47 Å². The molecule has 0 aliphatic heterocycles. The fourth-order valence-corrected chi connectivity index (χ4v) is 2.45. The molecule has 102 valence electrons. The maximum absolute atomic E-state index is 12.2. The van der Waals surface area contributed by atoms with Crippen LogP contribution in [0.25, 0.3) is 0 Å². The van der Waals surface area contributed by atoms with Crippen molar-refractivity contribution in [1.82, 2.24) is 0 Å². The first-order valence-corrected chi connectivity index (χ1v) is 6.56. The maximum atomic E-state index is 12.2. The number of hydrogen-bond donors (Lipinski definition) is 0. The van der Waals surface area contributed by atoms with E-state index in [1.165, 1.54) is 0 Å². The van der Waals surface area contributed by atoms with Crippen LogP contribution < -0.4 is 0 Å². The minimum atomic E-state index is -0.844. The number of esters is 2. The van der Waals surface area contributed by atoms with Gasteiger partial charge in [0, 0.05) is 0 Å². The summed E-state index contributed by atoms with van der Waals surface area (Å²) >= 11 is 0. The quantitative estimate of drug-likeness (QED) is 0.762. The van der Waals surface area contributed by atoms with E-state index in [0.29, 0.717) is 19.6 Å². The zero-order chi connectivity index (χ0) is 13.9. The Labute approximate surface area is 112 Å². The summed E-state index contributed by atoms with van der Waals surface area (Å²) < 4.78 is 10.2. The smallest absolute Gasteiger partial charge is 0.317 e. The molecule has 1 aliphatic rings. The SMILES string of the molecule is CCOC(=O)[C@H]1C[C@@]1(C(=O)OCC)c1ccccc1. The van der Waals surface area contributed by atoms with Gasteiger partial charge in [-0.15, -0.1) is 0 Å². The van der Waals surface area contributed by atoms with Crippen molar-refractivity contribution in [3.05, 3.63) is 35.9 Å². The van der Waals surface area contributed by atoms with Crippen LogP contribution >= 0.6 is 0 Å². The number of hydrogen-bond acceptors (Lipinski definition) is 4. The lowest BCUT2D eigenvalue weighted by atomic mass is 9.93. The van der Waals surface area contributed by atoms with Crippen LogP contribution in [-0.4, -0.2) is 25.2 Å². The zero-order valence-corrected chi connectivity index (χ0v) is 11.2. The summed E-state index contributed by atoms with van der Waals surface area (Å²) in [5.74, 6) is -1.08. The molecule has 0 unspecified atom stereocenters. The zero-order valence-electron chi connectivity index (χ0n) is 11.2. The number of carbonyl (C=O) groups excluding carboxylic acids is 2. The molecule has 0 N–H and O–H groups in total. The van der Waals surface area contributed by atoms with Gasteiger partial charge in [0.05, 0.1) is 19.1 Å². The molecule has 2 atom stereocenters. The van der Waals surface area contributed by atoms with Gasteiger partial charge in [0.1, 0.15) is 5.41 Å². The maximum Gasteiger partial charge on any atom is 0.317 e. The van der Waals surface area contributed by atoms with Gasteiger partial charge in [-0.2, -0.15) is 0 Å². The minimum Gasteiger partial charge on any atom is -0.466 e. The molecule has 4 nitrogen and oxygen atoms in total. The standard InChI is InChI=1S/C15H18O4/c1-3-18-13(16)12-10-15(12,14(17)19-4-2)11-8-6-5-7-9-11/h5-9,12H,3-4,10H2,1-2H3/t12-,15-/m1/s1. The van der Waals surface area contributed by atoms with Crippen LogP contribution in [0.1, 0.15) is 25.8 Å². The molecule has 1 aliphatic carbocycles. The summed E-state index contributed by atoms with van der Waals surface area (Å²) in [6, 6.07) is 9.31. The molecule has 1 aromatic rings. The molecule has 0 radical (unpaired) electrons. The fourth-order valence-electron chi connectivity index (χ4n) is 2.45. The molecule has 0 bridgehead atoms. The normalized spacial score (nSPS) is 24.6. The van der Waals surface area contributed by atoms with Crippen LogP contribution in [0.3, 0.4) is 0 Å². The average molecular weight is 262 g/mol. The van der Waals surface area contributed by atoms with Crippen molar-refractivity contribution in [1.29, 1.82) is 0 Å². The topological polar surface area (TPSA) is 52.6 Å². The lowest BCUT2D eigenvalue weighted by molar-refractivity contribution is -0.152. The molecule has 1 saturated carbocycles. The van der Waals surface area contributed by atoms with E-state index in [-0.39, 0.29) is 11.9 Å². The van der Waals surface area contributed by atoms with E-state index in [1.807, 2.05) is 30.3 Å². The van der Waals surface area contributed by atoms with Gasteiger partial charge < -0.3 is 9.47 Å². The third-order valence-electron chi connectivity index (χ3n) is 3.46. The average Bonchev–Trinajstić information content (AvgIpc) is 3.17. The van der Waals surface area contributed by atoms with Crippen molar-refractivity contribution in [2.24, 2.45) is 5.92 Å². The minimum absolute atomic E-state index is 0.308. The van der Waals surface area contributed by atoms with Gasteiger partial charge in [-0.25, -0.2) is 0 Å². The first kappa shape index (κ1) is 13.6. The van der Waals surface area contributed by atoms with E-state index < -0.39 is 11.3 Å². The highest BCUT2D eigenvalue weighted by Gasteiger charge is 2.66. The summed E-state index contributed by atoms with van der Waals surface area (Å²) in [5.41, 5.74) is -0.0183. The molecule has 0 saturated heterocycles. The van der Waals surface area contributed by atoms with Crippen LogP contribution in [0.5, 0.6) is 0 Å². The Morgan fingerprint density at radius 3 is 2.37 bits per heavy atom. The molecule has 1 aromatic carbocycles. The van der Waals surface area contributed by atoms with Gasteiger partial charge in [0.25, 0.3) is 0 Å². The van der Waals surface area contributed by atoms with Crippen LogP contribution in [0.15, 0.2) is 30.3 Å². The summed E-state index contributed by atoms with van der Waals surface area (Å²) in [6.45, 7) is 4.15. The molecule has 0 spiro atoms. The number of rotatable bonds is 5. The fraction of sp³-hybridized carbons (Fsp3) is 0.467. The van der Waals surface area contributed by atoms with Crippen LogP contribution in [-0.2, 0) is 24.5 Å². The van der Waals surface area contributed by atoms with Crippen LogP contribution in [0, 0.1) is 5.92 Å². The van der Waals surface area contributed by atoms with E-state index in [2.05, 4.69) is 0 Å². The van der Waals surface area contributed by atoms with E-state index in [0.717, 1.165) is 5.56 Å². The second-order valence-electron chi connectivity index (χ2n) is 4.57. The Kier molecular flexibility index (Phi) is 3.88. The van der Waals surface area contributed by atoms with Crippen molar-refractivity contribution in [2.45, 2.75) is 25.7 Å². The van der Waals surface area contributed by atoms with E-state index in [9.17, 15) is 9.59 Å². The Bertz CT molecular complexity index is 468. The number of benzene rings is 1. The summed E-state index contributed by atoms with van der Waals surface area (Å²) in [5, 5.41) is 0. The second kappa shape index (κ2) is 5.43. The molecule has 0 heterocycles. The van der Waals surface area contributed by atoms with Gasteiger partial charge >= 0.3 is 11.9 Å². The van der Waals surface area contributed by atoms with Gasteiger partial charge in [-0.1, -0.05) is 30.3 Å². The Morgan fingerprint density at radius 1 is 1.16 bits per heavy atom. The molecule has 2 rings (SSSR count). The monoisotopic (exact) mass is 262 g/mol. The lowest BCUT2D eigenvalue weighted by Gasteiger charge is -2.16. The molecule has 0 aromatic heterocycles. The summed E-state index contributed by atoms with van der Waals surface area (Å²) in [4.78, 5) is 24.1. The molecule has 1 fully saturated rings. The Balaban J connectivity index is 2.28. The van der Waals surface area contributed by atoms with Crippen molar-refractivity contribution < 1.29 is 19.1 Å². The second-order valence-corrected chi connectivity index (χ2v) is 4.57. The molecule has 0 amide bonds. The largest absolute Gasteiger partial charge is 0.466 e. The first-order valence-electron chi connectivity index (χ1n) is 6.56. The predicted octanol–water partition coefficient (Wildman–Crippen LogP) is 2.07. The van der Waals surface area contributed by atoms with Crippen molar-refractivity contribution in [3.63, 3.8) is 0 Å². The highest BCUT2D eigenvalue weighted by atomic mass is 16.5. The Morgan fingerprint density at radius 2 is 1.79 bits per heavy atom. The number of carbonyl (C=O) groups is 2. The first-order chi connectivity index (χ1) is 9.16. The van der Waals surface area contributed by atoms with Crippen LogP contribution in [0.4, 0.5) is 0 Å². The summed E-state index contributed by atoms with van der Waals surface area (Å²) in [6.07, 6.45) is 0.467. The summed E-state index contributed by atoms with van der Waals surface area (Å²) in [7, 11) is 0. The predicted molar refractivity (Wildman–Crippen MR) is 69.5 cm³/mol. The Hall–Kier alpha value is -1.84. The highest BCUT2D eigenvalue weighted by molar-refractivity contribution is 5.96. The molecular formula is C15H18O4. The highest BCUT2D eigenvalue weighted by Crippen LogP contribution is 2.55. The van der Waals surface area contributed by atoms with Crippen molar-refractivity contribution in [3.8, 4) is 0 Å². The third-order valence-corrected chi connectivity index (χ3v) is 3.46. The molecular weight excluding hydrogens is 244 g/mol. The van der Waals surface area contributed by atoms with Gasteiger partial charge in [-0.05, 0) is 25.8 Å². The molecule has 19 heavy (non-hydrogen) atoms. The van der Waals surface area contributed by atoms with E-state index >= 15 is 0 Å². The third kappa shape index (κ3) is 2.35. The van der Waals surface area contributed by atoms with Crippen molar-refractivity contribution in [2.75, 3.05) is 13.2 Å². The van der Waals surface area contributed by atoms with E-state index in [1.54, 1.807) is 13.8 Å². The van der Waals surface area contributed by atoms with Crippen LogP contribution in [0.2, 0.25) is 0 Å². The van der Waals surface area contributed by atoms with Gasteiger partial charge in [0.2, 0.25) is 0 Å². The molecule has 4 heteroatoms. The van der Waals surface area contributed by atoms with Crippen molar-refractivity contribution >= 4 is 11.9 Å². The lowest BCUT2D eigenvalue weighted by Crippen LogP contribution is -2.28. The number of ether oxygens (including phenoxy) is 2. The van der Waals surface area contributed by atoms with Gasteiger partial charge in [-0.3, -0.25) is 9.59 Å².